The van der Waals surface area contributed by atoms with Crippen molar-refractivity contribution in [1.29, 1.82) is 5.41 Å². The zero-order valence-corrected chi connectivity index (χ0v) is 15.2. The Bertz CT molecular complexity index is 845. The summed E-state index contributed by atoms with van der Waals surface area (Å²) >= 11 is 12.9. The van der Waals surface area contributed by atoms with E-state index in [1.54, 1.807) is 36.4 Å². The number of hydrogen-bond donors (Lipinski definition) is 2. The molecule has 0 bridgehead atoms. The number of thioether (sulfide) groups is 1. The minimum absolute atomic E-state index is 0.0475. The number of nitrogens with one attached hydrogen (secondary N) is 2. The quantitative estimate of drug-likeness (QED) is 0.807. The van der Waals surface area contributed by atoms with Gasteiger partial charge in [-0.1, -0.05) is 53.2 Å². The Morgan fingerprint density at radius 2 is 1.92 bits per heavy atom. The number of anilines is 2. The fraction of sp³-hybridized carbons (Fsp3) is 0.118. The minimum atomic E-state index is -0.640. The number of benzene rings is 2. The van der Waals surface area contributed by atoms with Gasteiger partial charge in [-0.2, -0.15) is 0 Å². The van der Waals surface area contributed by atoms with Crippen molar-refractivity contribution in [3.05, 3.63) is 58.6 Å². The van der Waals surface area contributed by atoms with E-state index in [1.807, 2.05) is 6.07 Å². The molecule has 0 radical (unpaired) electrons. The molecule has 25 heavy (non-hydrogen) atoms. The van der Waals surface area contributed by atoms with Crippen LogP contribution in [0.1, 0.15) is 6.42 Å². The molecular formula is C17H13Cl2N3O2S. The third-order valence-electron chi connectivity index (χ3n) is 3.54. The molecule has 1 atom stereocenters. The van der Waals surface area contributed by atoms with Gasteiger partial charge in [-0.05, 0) is 30.3 Å². The van der Waals surface area contributed by atoms with E-state index < -0.39 is 5.25 Å². The predicted molar refractivity (Wildman–Crippen MR) is 103 cm³/mol. The van der Waals surface area contributed by atoms with Crippen LogP contribution < -0.4 is 10.2 Å². The van der Waals surface area contributed by atoms with Gasteiger partial charge >= 0.3 is 0 Å². The molecule has 0 aliphatic carbocycles. The van der Waals surface area contributed by atoms with Crippen LogP contribution >= 0.6 is 35.0 Å². The second-order valence-corrected chi connectivity index (χ2v) is 7.33. The molecule has 2 amide bonds. The molecule has 1 heterocycles. The summed E-state index contributed by atoms with van der Waals surface area (Å²) in [5, 5.41) is 11.0. The Balaban J connectivity index is 1.68. The summed E-state index contributed by atoms with van der Waals surface area (Å²) in [5.74, 6) is -0.628. The summed E-state index contributed by atoms with van der Waals surface area (Å²) in [4.78, 5) is 26.1. The Labute approximate surface area is 158 Å². The van der Waals surface area contributed by atoms with Gasteiger partial charge in [-0.3, -0.25) is 19.9 Å². The molecule has 2 N–H and O–H groups in total. The van der Waals surface area contributed by atoms with Crippen LogP contribution in [0.15, 0.2) is 48.5 Å². The van der Waals surface area contributed by atoms with Gasteiger partial charge < -0.3 is 5.32 Å². The second kappa shape index (κ2) is 7.47. The summed E-state index contributed by atoms with van der Waals surface area (Å²) in [6.45, 7) is 0. The number of amides is 2. The topological polar surface area (TPSA) is 73.3 Å². The van der Waals surface area contributed by atoms with Gasteiger partial charge in [0.25, 0.3) is 0 Å². The van der Waals surface area contributed by atoms with Crippen molar-refractivity contribution >= 4 is 63.3 Å². The van der Waals surface area contributed by atoms with Gasteiger partial charge in [-0.25, -0.2) is 0 Å². The van der Waals surface area contributed by atoms with E-state index in [2.05, 4.69) is 5.32 Å². The molecular weight excluding hydrogens is 381 g/mol. The lowest BCUT2D eigenvalue weighted by molar-refractivity contribution is -0.121. The normalized spacial score (nSPS) is 17.0. The number of hydrogen-bond acceptors (Lipinski definition) is 4. The maximum Gasteiger partial charge on any atom is 0.247 e. The van der Waals surface area contributed by atoms with E-state index in [0.29, 0.717) is 21.4 Å². The molecule has 0 saturated carbocycles. The van der Waals surface area contributed by atoms with Crippen LogP contribution in [0, 0.1) is 5.41 Å². The van der Waals surface area contributed by atoms with Gasteiger partial charge in [0, 0.05) is 11.4 Å². The van der Waals surface area contributed by atoms with Gasteiger partial charge in [-0.15, -0.1) is 0 Å². The fourth-order valence-electron chi connectivity index (χ4n) is 2.39. The van der Waals surface area contributed by atoms with E-state index in [4.69, 9.17) is 28.6 Å². The van der Waals surface area contributed by atoms with Crippen molar-refractivity contribution in [1.82, 2.24) is 0 Å². The summed E-state index contributed by atoms with van der Waals surface area (Å²) < 4.78 is 0. The molecule has 1 fully saturated rings. The smallest absolute Gasteiger partial charge is 0.247 e. The standard InChI is InChI=1S/C17H13Cl2N3O2S/c18-10-6-7-13(12(19)8-10)21-15(23)9-14-16(24)22(17(20)25-14)11-4-2-1-3-5-11/h1-8,14,20H,9H2,(H,21,23)/t14-/m1/s1. The Kier molecular flexibility index (Phi) is 5.32. The van der Waals surface area contributed by atoms with Gasteiger partial charge in [0.2, 0.25) is 11.8 Å². The molecule has 1 aliphatic heterocycles. The summed E-state index contributed by atoms with van der Waals surface area (Å²) in [6.07, 6.45) is -0.0475. The molecule has 0 spiro atoms. The largest absolute Gasteiger partial charge is 0.325 e. The van der Waals surface area contributed by atoms with Crippen molar-refractivity contribution in [3.63, 3.8) is 0 Å². The third kappa shape index (κ3) is 3.98. The predicted octanol–water partition coefficient (Wildman–Crippen LogP) is 4.41. The van der Waals surface area contributed by atoms with Gasteiger partial charge in [0.05, 0.1) is 16.4 Å². The van der Waals surface area contributed by atoms with Gasteiger partial charge in [0.15, 0.2) is 5.17 Å². The van der Waals surface area contributed by atoms with Crippen LogP contribution in [0.3, 0.4) is 0 Å². The monoisotopic (exact) mass is 393 g/mol. The molecule has 1 aliphatic rings. The van der Waals surface area contributed by atoms with Crippen LogP contribution in [0.2, 0.25) is 10.0 Å². The molecule has 2 aromatic rings. The van der Waals surface area contributed by atoms with Crippen molar-refractivity contribution in [2.75, 3.05) is 10.2 Å². The number of rotatable bonds is 4. The van der Waals surface area contributed by atoms with E-state index in [0.717, 1.165) is 11.8 Å². The highest BCUT2D eigenvalue weighted by Gasteiger charge is 2.39. The molecule has 0 unspecified atom stereocenters. The molecule has 8 heteroatoms. The second-order valence-electron chi connectivity index (χ2n) is 5.30. The van der Waals surface area contributed by atoms with Crippen molar-refractivity contribution in [2.24, 2.45) is 0 Å². The lowest BCUT2D eigenvalue weighted by Crippen LogP contribution is -2.33. The fourth-order valence-corrected chi connectivity index (χ4v) is 3.86. The molecule has 3 rings (SSSR count). The zero-order chi connectivity index (χ0) is 18.0. The number of carbonyl (C=O) groups is 2. The molecule has 5 nitrogen and oxygen atoms in total. The first-order valence-electron chi connectivity index (χ1n) is 7.35. The highest BCUT2D eigenvalue weighted by Crippen LogP contribution is 2.33. The van der Waals surface area contributed by atoms with Gasteiger partial charge in [0.1, 0.15) is 5.25 Å². The van der Waals surface area contributed by atoms with Crippen LogP contribution in [0.5, 0.6) is 0 Å². The average Bonchev–Trinajstić information content (AvgIpc) is 2.85. The Morgan fingerprint density at radius 1 is 1.20 bits per heavy atom. The average molecular weight is 394 g/mol. The number of nitrogens with zero attached hydrogens (tertiary/aromatic N) is 1. The van der Waals surface area contributed by atoms with Crippen molar-refractivity contribution in [2.45, 2.75) is 11.7 Å². The van der Waals surface area contributed by atoms with Crippen LogP contribution in [-0.4, -0.2) is 22.2 Å². The first-order chi connectivity index (χ1) is 12.0. The molecule has 128 valence electrons. The zero-order valence-electron chi connectivity index (χ0n) is 12.8. The SMILES string of the molecule is N=C1S[C@H](CC(=O)Nc2ccc(Cl)cc2Cl)C(=O)N1c1ccccc1. The maximum atomic E-state index is 12.6. The summed E-state index contributed by atoms with van der Waals surface area (Å²) in [6, 6.07) is 13.7. The lowest BCUT2D eigenvalue weighted by Gasteiger charge is -2.15. The Hall–Kier alpha value is -2.02. The summed E-state index contributed by atoms with van der Waals surface area (Å²) in [5.41, 5.74) is 1.05. The van der Waals surface area contributed by atoms with Crippen molar-refractivity contribution in [3.8, 4) is 0 Å². The first-order valence-corrected chi connectivity index (χ1v) is 8.98. The van der Waals surface area contributed by atoms with Crippen LogP contribution in [0.4, 0.5) is 11.4 Å². The van der Waals surface area contributed by atoms with E-state index in [1.165, 1.54) is 11.0 Å². The van der Waals surface area contributed by atoms with E-state index >= 15 is 0 Å². The summed E-state index contributed by atoms with van der Waals surface area (Å²) in [7, 11) is 0. The third-order valence-corrected chi connectivity index (χ3v) is 5.15. The lowest BCUT2D eigenvalue weighted by atomic mass is 10.2. The number of carbonyl (C=O) groups excluding carboxylic acids is 2. The van der Waals surface area contributed by atoms with E-state index in [9.17, 15) is 9.59 Å². The maximum absolute atomic E-state index is 12.6. The van der Waals surface area contributed by atoms with Crippen molar-refractivity contribution < 1.29 is 9.59 Å². The van der Waals surface area contributed by atoms with E-state index in [-0.39, 0.29) is 23.4 Å². The Morgan fingerprint density at radius 3 is 2.60 bits per heavy atom. The molecule has 1 saturated heterocycles. The number of amidine groups is 1. The number of para-hydroxylation sites is 1. The first kappa shape index (κ1) is 17.8. The molecule has 0 aromatic heterocycles. The molecule has 2 aromatic carbocycles. The highest BCUT2D eigenvalue weighted by molar-refractivity contribution is 8.16. The van der Waals surface area contributed by atoms with Crippen LogP contribution in [-0.2, 0) is 9.59 Å². The highest BCUT2D eigenvalue weighted by atomic mass is 35.5. The number of halogens is 2. The van der Waals surface area contributed by atoms with Crippen LogP contribution in [0.25, 0.3) is 0 Å². The minimum Gasteiger partial charge on any atom is -0.325 e.